The lowest BCUT2D eigenvalue weighted by Crippen LogP contribution is -2.49. The zero-order valence-corrected chi connectivity index (χ0v) is 11.5. The SMILES string of the molecule is COC(=O)C1CCN(NC(=O)OC(C)(C)C)CC1. The highest BCUT2D eigenvalue weighted by Crippen LogP contribution is 2.17. The highest BCUT2D eigenvalue weighted by atomic mass is 16.6. The Balaban J connectivity index is 2.31. The van der Waals surface area contributed by atoms with E-state index in [-0.39, 0.29) is 11.9 Å². The van der Waals surface area contributed by atoms with Gasteiger partial charge in [-0.3, -0.25) is 10.2 Å². The van der Waals surface area contributed by atoms with Crippen LogP contribution in [0.5, 0.6) is 0 Å². The Morgan fingerprint density at radius 3 is 2.22 bits per heavy atom. The smallest absolute Gasteiger partial charge is 0.422 e. The van der Waals surface area contributed by atoms with Crippen LogP contribution in [0.15, 0.2) is 0 Å². The van der Waals surface area contributed by atoms with Crippen LogP contribution >= 0.6 is 0 Å². The molecule has 0 spiro atoms. The molecule has 1 aliphatic rings. The van der Waals surface area contributed by atoms with Crippen molar-refractivity contribution in [1.82, 2.24) is 10.4 Å². The topological polar surface area (TPSA) is 67.9 Å². The van der Waals surface area contributed by atoms with Crippen LogP contribution in [0.4, 0.5) is 4.79 Å². The number of carbonyl (C=O) groups is 2. The number of rotatable bonds is 2. The lowest BCUT2D eigenvalue weighted by molar-refractivity contribution is -0.147. The van der Waals surface area contributed by atoms with Gasteiger partial charge in [0.15, 0.2) is 0 Å². The lowest BCUT2D eigenvalue weighted by Gasteiger charge is -2.31. The Morgan fingerprint density at radius 1 is 1.22 bits per heavy atom. The Morgan fingerprint density at radius 2 is 1.78 bits per heavy atom. The van der Waals surface area contributed by atoms with E-state index in [0.717, 1.165) is 0 Å². The molecule has 1 fully saturated rings. The molecule has 0 bridgehead atoms. The van der Waals surface area contributed by atoms with Gasteiger partial charge in [0.25, 0.3) is 0 Å². The summed E-state index contributed by atoms with van der Waals surface area (Å²) in [4.78, 5) is 22.9. The van der Waals surface area contributed by atoms with E-state index in [1.165, 1.54) is 7.11 Å². The zero-order chi connectivity index (χ0) is 13.8. The molecule has 1 saturated heterocycles. The summed E-state index contributed by atoms with van der Waals surface area (Å²) in [6.45, 7) is 6.69. The van der Waals surface area contributed by atoms with E-state index in [1.54, 1.807) is 5.01 Å². The second-order valence-electron chi connectivity index (χ2n) is 5.40. The third-order valence-corrected chi connectivity index (χ3v) is 2.68. The van der Waals surface area contributed by atoms with E-state index in [4.69, 9.17) is 9.47 Å². The summed E-state index contributed by atoms with van der Waals surface area (Å²) in [5, 5.41) is 1.77. The minimum absolute atomic E-state index is 0.0633. The summed E-state index contributed by atoms with van der Waals surface area (Å²) in [5.41, 5.74) is 2.17. The summed E-state index contributed by atoms with van der Waals surface area (Å²) in [6.07, 6.45) is 0.907. The van der Waals surface area contributed by atoms with Crippen molar-refractivity contribution >= 4 is 12.1 Å². The van der Waals surface area contributed by atoms with Gasteiger partial charge in [-0.2, -0.15) is 0 Å². The molecule has 1 rings (SSSR count). The quantitative estimate of drug-likeness (QED) is 0.756. The first kappa shape index (κ1) is 14.8. The Hall–Kier alpha value is -1.30. The van der Waals surface area contributed by atoms with Crippen molar-refractivity contribution in [2.45, 2.75) is 39.2 Å². The van der Waals surface area contributed by atoms with Crippen molar-refractivity contribution in [3.8, 4) is 0 Å². The highest BCUT2D eigenvalue weighted by molar-refractivity contribution is 5.72. The predicted octanol–water partition coefficient (Wildman–Crippen LogP) is 1.31. The number of carbonyl (C=O) groups excluding carboxylic acids is 2. The van der Waals surface area contributed by atoms with Crippen LogP contribution < -0.4 is 5.43 Å². The third-order valence-electron chi connectivity index (χ3n) is 2.68. The molecule has 0 atom stereocenters. The molecular formula is C12H22N2O4. The highest BCUT2D eigenvalue weighted by Gasteiger charge is 2.27. The van der Waals surface area contributed by atoms with Gasteiger partial charge in [-0.1, -0.05) is 0 Å². The fourth-order valence-electron chi connectivity index (χ4n) is 1.82. The summed E-state index contributed by atoms with van der Waals surface area (Å²) in [6, 6.07) is 0. The largest absolute Gasteiger partial charge is 0.469 e. The molecular weight excluding hydrogens is 236 g/mol. The van der Waals surface area contributed by atoms with Crippen LogP contribution in [-0.2, 0) is 14.3 Å². The Bertz CT molecular complexity index is 304. The second kappa shape index (κ2) is 6.04. The summed E-state index contributed by atoms with van der Waals surface area (Å²) >= 11 is 0. The van der Waals surface area contributed by atoms with Gasteiger partial charge >= 0.3 is 12.1 Å². The number of nitrogens with zero attached hydrogens (tertiary/aromatic N) is 1. The third kappa shape index (κ3) is 4.91. The minimum atomic E-state index is -0.506. The van der Waals surface area contributed by atoms with Crippen molar-refractivity contribution in [2.24, 2.45) is 5.92 Å². The summed E-state index contributed by atoms with van der Waals surface area (Å²) in [7, 11) is 1.40. The molecule has 0 aliphatic carbocycles. The average Bonchev–Trinajstić information content (AvgIpc) is 2.26. The van der Waals surface area contributed by atoms with Gasteiger partial charge in [0.2, 0.25) is 0 Å². The van der Waals surface area contributed by atoms with Gasteiger partial charge < -0.3 is 9.47 Å². The zero-order valence-electron chi connectivity index (χ0n) is 11.5. The Labute approximate surface area is 108 Å². The van der Waals surface area contributed by atoms with Gasteiger partial charge in [0.1, 0.15) is 5.60 Å². The van der Waals surface area contributed by atoms with Gasteiger partial charge in [-0.25, -0.2) is 9.80 Å². The first-order chi connectivity index (χ1) is 8.31. The molecule has 0 saturated carbocycles. The van der Waals surface area contributed by atoms with E-state index >= 15 is 0 Å². The molecule has 6 heteroatoms. The maximum atomic E-state index is 11.5. The molecule has 0 aromatic carbocycles. The summed E-state index contributed by atoms with van der Waals surface area (Å²) in [5.74, 6) is -0.237. The minimum Gasteiger partial charge on any atom is -0.469 e. The first-order valence-electron chi connectivity index (χ1n) is 6.14. The van der Waals surface area contributed by atoms with Crippen molar-refractivity contribution in [3.63, 3.8) is 0 Å². The van der Waals surface area contributed by atoms with Crippen molar-refractivity contribution in [2.75, 3.05) is 20.2 Å². The van der Waals surface area contributed by atoms with Crippen molar-refractivity contribution in [1.29, 1.82) is 0 Å². The number of hydrogen-bond donors (Lipinski definition) is 1. The van der Waals surface area contributed by atoms with Gasteiger partial charge in [-0.05, 0) is 33.6 Å². The van der Waals surface area contributed by atoms with Crippen molar-refractivity contribution in [3.05, 3.63) is 0 Å². The number of nitrogens with one attached hydrogen (secondary N) is 1. The Kier molecular flexibility index (Phi) is 4.95. The van der Waals surface area contributed by atoms with Crippen LogP contribution in [0.1, 0.15) is 33.6 Å². The molecule has 1 N–H and O–H groups in total. The van der Waals surface area contributed by atoms with Crippen LogP contribution in [0.3, 0.4) is 0 Å². The van der Waals surface area contributed by atoms with Gasteiger partial charge in [0, 0.05) is 13.1 Å². The van der Waals surface area contributed by atoms with E-state index in [1.807, 2.05) is 20.8 Å². The first-order valence-corrected chi connectivity index (χ1v) is 6.14. The molecule has 18 heavy (non-hydrogen) atoms. The van der Waals surface area contributed by atoms with E-state index in [2.05, 4.69) is 5.43 Å². The molecule has 1 aliphatic heterocycles. The number of methoxy groups -OCH3 is 1. The standard InChI is InChI=1S/C12H22N2O4/c1-12(2,3)18-11(16)13-14-7-5-9(6-8-14)10(15)17-4/h9H,5-8H2,1-4H3,(H,13,16). The fraction of sp³-hybridized carbons (Fsp3) is 0.833. The molecule has 0 unspecified atom stereocenters. The van der Waals surface area contributed by atoms with Crippen molar-refractivity contribution < 1.29 is 19.1 Å². The molecule has 6 nitrogen and oxygen atoms in total. The van der Waals surface area contributed by atoms with Gasteiger partial charge in [0.05, 0.1) is 13.0 Å². The fourth-order valence-corrected chi connectivity index (χ4v) is 1.82. The average molecular weight is 258 g/mol. The number of ether oxygens (including phenoxy) is 2. The van der Waals surface area contributed by atoms with Crippen LogP contribution in [0.25, 0.3) is 0 Å². The number of esters is 1. The lowest BCUT2D eigenvalue weighted by atomic mass is 9.98. The van der Waals surface area contributed by atoms with Crippen LogP contribution in [0, 0.1) is 5.92 Å². The number of amides is 1. The van der Waals surface area contributed by atoms with E-state index < -0.39 is 11.7 Å². The molecule has 0 aromatic rings. The number of piperidine rings is 1. The van der Waals surface area contributed by atoms with Gasteiger partial charge in [-0.15, -0.1) is 0 Å². The molecule has 1 amide bonds. The van der Waals surface area contributed by atoms with Crippen LogP contribution in [-0.4, -0.2) is 42.9 Å². The predicted molar refractivity (Wildman–Crippen MR) is 65.7 cm³/mol. The maximum absolute atomic E-state index is 11.5. The number of hydrogen-bond acceptors (Lipinski definition) is 5. The molecule has 0 aromatic heterocycles. The monoisotopic (exact) mass is 258 g/mol. The molecule has 0 radical (unpaired) electrons. The second-order valence-corrected chi connectivity index (χ2v) is 5.40. The molecule has 1 heterocycles. The van der Waals surface area contributed by atoms with Crippen LogP contribution in [0.2, 0.25) is 0 Å². The number of hydrazine groups is 1. The van der Waals surface area contributed by atoms with E-state index in [0.29, 0.717) is 25.9 Å². The normalized spacial score (nSPS) is 18.2. The van der Waals surface area contributed by atoms with E-state index in [9.17, 15) is 9.59 Å². The maximum Gasteiger partial charge on any atom is 0.422 e. The summed E-state index contributed by atoms with van der Waals surface area (Å²) < 4.78 is 9.85. The molecule has 104 valence electrons.